The summed E-state index contributed by atoms with van der Waals surface area (Å²) in [6, 6.07) is 1.96. The Bertz CT molecular complexity index is 445. The van der Waals surface area contributed by atoms with Crippen LogP contribution in [-0.4, -0.2) is 18.8 Å². The fraction of sp³-hybridized carbons (Fsp3) is 0.333. The molecule has 2 atom stereocenters. The quantitative estimate of drug-likeness (QED) is 0.301. The molecule has 1 aliphatic heterocycles. The van der Waals surface area contributed by atoms with Gasteiger partial charge in [-0.05, 0) is 69.8 Å². The van der Waals surface area contributed by atoms with Crippen molar-refractivity contribution in [1.82, 2.24) is 0 Å². The predicted octanol–water partition coefficient (Wildman–Crippen LogP) is 5.46. The van der Waals surface area contributed by atoms with E-state index in [4.69, 9.17) is 9.47 Å². The minimum absolute atomic E-state index is 0.00343. The van der Waals surface area contributed by atoms with Crippen LogP contribution >= 0.6 is 63.7 Å². The highest BCUT2D eigenvalue weighted by molar-refractivity contribution is 9.14. The van der Waals surface area contributed by atoms with Crippen LogP contribution in [0.15, 0.2) is 36.6 Å². The van der Waals surface area contributed by atoms with Crippen molar-refractivity contribution in [2.75, 3.05) is 6.61 Å². The first-order valence-corrected chi connectivity index (χ1v) is 8.44. The summed E-state index contributed by atoms with van der Waals surface area (Å²) in [4.78, 5) is 0. The second-order valence-electron chi connectivity index (χ2n) is 3.85. The van der Waals surface area contributed by atoms with Gasteiger partial charge in [0, 0.05) is 15.4 Å². The molecule has 1 aromatic rings. The molecule has 0 spiro atoms. The monoisotopic (exact) mass is 502 g/mol. The van der Waals surface area contributed by atoms with Gasteiger partial charge in [0.05, 0.1) is 15.6 Å². The molecule has 0 bridgehead atoms. The van der Waals surface area contributed by atoms with Crippen LogP contribution in [0.2, 0.25) is 0 Å². The number of epoxide rings is 1. The molecule has 0 radical (unpaired) electrons. The van der Waals surface area contributed by atoms with Crippen molar-refractivity contribution in [3.63, 3.8) is 0 Å². The number of hydrogen-bond donors (Lipinski definition) is 0. The molecule has 0 N–H and O–H groups in total. The topological polar surface area (TPSA) is 21.8 Å². The summed E-state index contributed by atoms with van der Waals surface area (Å²) in [5.41, 5.74) is 0. The van der Waals surface area contributed by atoms with Crippen LogP contribution in [0, 0.1) is 0 Å². The third-order valence-corrected chi connectivity index (χ3v) is 6.40. The Balaban J connectivity index is 2.29. The highest BCUT2D eigenvalue weighted by Gasteiger charge is 2.34. The molecule has 1 aliphatic rings. The van der Waals surface area contributed by atoms with Gasteiger partial charge in [-0.1, -0.05) is 6.08 Å². The Labute approximate surface area is 140 Å². The number of benzene rings is 1. The molecule has 0 amide bonds. The molecular formula is C12H10Br4O2. The maximum atomic E-state index is 6.05. The molecule has 0 aliphatic carbocycles. The van der Waals surface area contributed by atoms with Gasteiger partial charge in [-0.25, -0.2) is 0 Å². The van der Waals surface area contributed by atoms with Crippen molar-refractivity contribution in [3.05, 3.63) is 36.6 Å². The van der Waals surface area contributed by atoms with Crippen LogP contribution in [0.3, 0.4) is 0 Å². The zero-order chi connectivity index (χ0) is 13.3. The van der Waals surface area contributed by atoms with Crippen LogP contribution in [0.4, 0.5) is 0 Å². The third kappa shape index (κ3) is 3.39. The highest BCUT2D eigenvalue weighted by atomic mass is 79.9. The zero-order valence-electron chi connectivity index (χ0n) is 9.26. The number of rotatable bonds is 5. The van der Waals surface area contributed by atoms with Crippen molar-refractivity contribution in [1.29, 1.82) is 0 Å². The van der Waals surface area contributed by atoms with Crippen LogP contribution in [0.5, 0.6) is 5.75 Å². The molecule has 6 heteroatoms. The van der Waals surface area contributed by atoms with Crippen LogP contribution < -0.4 is 4.74 Å². The van der Waals surface area contributed by atoms with Crippen molar-refractivity contribution in [3.8, 4) is 5.75 Å². The largest absolute Gasteiger partial charge is 0.485 e. The van der Waals surface area contributed by atoms with E-state index in [1.54, 1.807) is 0 Å². The van der Waals surface area contributed by atoms with Crippen molar-refractivity contribution in [2.24, 2.45) is 0 Å². The lowest BCUT2D eigenvalue weighted by Gasteiger charge is -2.19. The molecule has 1 fully saturated rings. The summed E-state index contributed by atoms with van der Waals surface area (Å²) in [5.74, 6) is 0.763. The maximum absolute atomic E-state index is 6.05. The summed E-state index contributed by atoms with van der Waals surface area (Å²) < 4.78 is 15.0. The molecule has 2 rings (SSSR count). The van der Waals surface area contributed by atoms with Crippen molar-refractivity contribution in [2.45, 2.75) is 18.6 Å². The second kappa shape index (κ2) is 6.39. The van der Waals surface area contributed by atoms with E-state index in [1.807, 2.05) is 12.1 Å². The van der Waals surface area contributed by atoms with Gasteiger partial charge in [0.15, 0.2) is 5.75 Å². The van der Waals surface area contributed by atoms with E-state index in [9.17, 15) is 0 Å². The highest BCUT2D eigenvalue weighted by Crippen LogP contribution is 2.44. The van der Waals surface area contributed by atoms with E-state index >= 15 is 0 Å². The van der Waals surface area contributed by atoms with E-state index in [0.29, 0.717) is 0 Å². The molecule has 2 nitrogen and oxygen atoms in total. The summed E-state index contributed by atoms with van der Waals surface area (Å²) >= 11 is 14.0. The fourth-order valence-corrected chi connectivity index (χ4v) is 3.72. The SMILES string of the molecule is C=CCC(Oc1c(Br)c(Br)cc(Br)c1Br)C1CO1. The predicted molar refractivity (Wildman–Crippen MR) is 86.2 cm³/mol. The average molecular weight is 506 g/mol. The summed E-state index contributed by atoms with van der Waals surface area (Å²) in [7, 11) is 0. The van der Waals surface area contributed by atoms with Gasteiger partial charge in [0.25, 0.3) is 0 Å². The Morgan fingerprint density at radius 1 is 1.33 bits per heavy atom. The van der Waals surface area contributed by atoms with Gasteiger partial charge in [-0.2, -0.15) is 0 Å². The molecule has 98 valence electrons. The van der Waals surface area contributed by atoms with Gasteiger partial charge >= 0.3 is 0 Å². The van der Waals surface area contributed by atoms with E-state index in [-0.39, 0.29) is 12.2 Å². The number of hydrogen-bond acceptors (Lipinski definition) is 2. The fourth-order valence-electron chi connectivity index (χ4n) is 1.52. The molecule has 2 unspecified atom stereocenters. The molecule has 1 heterocycles. The first-order chi connectivity index (χ1) is 8.54. The standard InChI is InChI=1S/C12H10Br4O2/c1-2-3-8(9-5-17-9)18-12-10(15)6(13)4-7(14)11(12)16/h2,4,8-9H,1,3,5H2. The van der Waals surface area contributed by atoms with E-state index in [2.05, 4.69) is 70.3 Å². The molecule has 1 aromatic carbocycles. The smallest absolute Gasteiger partial charge is 0.150 e. The Morgan fingerprint density at radius 3 is 2.33 bits per heavy atom. The average Bonchev–Trinajstić information content (AvgIpc) is 3.15. The van der Waals surface area contributed by atoms with Gasteiger partial charge in [0.2, 0.25) is 0 Å². The van der Waals surface area contributed by atoms with Crippen LogP contribution in [0.1, 0.15) is 6.42 Å². The van der Waals surface area contributed by atoms with E-state index < -0.39 is 0 Å². The normalized spacial score (nSPS) is 19.4. The number of halogens is 4. The molecule has 1 saturated heterocycles. The molecule has 0 saturated carbocycles. The second-order valence-corrected chi connectivity index (χ2v) is 7.14. The lowest BCUT2D eigenvalue weighted by atomic mass is 10.2. The first kappa shape index (κ1) is 15.0. The van der Waals surface area contributed by atoms with Gasteiger partial charge < -0.3 is 9.47 Å². The Morgan fingerprint density at radius 2 is 1.89 bits per heavy atom. The lowest BCUT2D eigenvalue weighted by Crippen LogP contribution is -2.23. The third-order valence-electron chi connectivity index (χ3n) is 2.51. The van der Waals surface area contributed by atoms with Crippen molar-refractivity contribution >= 4 is 63.7 Å². The van der Waals surface area contributed by atoms with E-state index in [0.717, 1.165) is 36.7 Å². The number of ether oxygens (including phenoxy) is 2. The van der Waals surface area contributed by atoms with Crippen LogP contribution in [0.25, 0.3) is 0 Å². The molecule has 18 heavy (non-hydrogen) atoms. The zero-order valence-corrected chi connectivity index (χ0v) is 15.6. The van der Waals surface area contributed by atoms with Gasteiger partial charge in [-0.15, -0.1) is 6.58 Å². The Hall–Kier alpha value is 0.640. The minimum atomic E-state index is -0.00343. The summed E-state index contributed by atoms with van der Waals surface area (Å²) in [6.07, 6.45) is 2.77. The molecule has 0 aromatic heterocycles. The summed E-state index contributed by atoms with van der Waals surface area (Å²) in [5, 5.41) is 0. The van der Waals surface area contributed by atoms with Crippen LogP contribution in [-0.2, 0) is 4.74 Å². The molecular weight excluding hydrogens is 496 g/mol. The van der Waals surface area contributed by atoms with E-state index in [1.165, 1.54) is 0 Å². The maximum Gasteiger partial charge on any atom is 0.150 e. The Kier molecular flexibility index (Phi) is 5.34. The first-order valence-electron chi connectivity index (χ1n) is 5.26. The van der Waals surface area contributed by atoms with Gasteiger partial charge in [0.1, 0.15) is 12.2 Å². The van der Waals surface area contributed by atoms with Crippen molar-refractivity contribution < 1.29 is 9.47 Å². The van der Waals surface area contributed by atoms with Gasteiger partial charge in [-0.3, -0.25) is 0 Å². The summed E-state index contributed by atoms with van der Waals surface area (Å²) in [6.45, 7) is 4.51. The minimum Gasteiger partial charge on any atom is -0.485 e. The lowest BCUT2D eigenvalue weighted by molar-refractivity contribution is 0.159.